The van der Waals surface area contributed by atoms with Crippen LogP contribution in [0, 0.1) is 17.5 Å². The van der Waals surface area contributed by atoms with Gasteiger partial charge in [-0.15, -0.1) is 0 Å². The van der Waals surface area contributed by atoms with Gasteiger partial charge >= 0.3 is 0 Å². The van der Waals surface area contributed by atoms with Crippen LogP contribution < -0.4 is 0 Å². The van der Waals surface area contributed by atoms with E-state index in [1.165, 1.54) is 4.90 Å². The Bertz CT molecular complexity index is 452. The molecule has 1 N–H and O–H groups in total. The van der Waals surface area contributed by atoms with E-state index in [0.29, 0.717) is 25.0 Å². The van der Waals surface area contributed by atoms with Crippen LogP contribution >= 0.6 is 0 Å². The van der Waals surface area contributed by atoms with Crippen molar-refractivity contribution in [3.05, 3.63) is 35.1 Å². The average Bonchev–Trinajstić information content (AvgIpc) is 2.37. The van der Waals surface area contributed by atoms with Gasteiger partial charge in [-0.2, -0.15) is 0 Å². The summed E-state index contributed by atoms with van der Waals surface area (Å²) in [5, 5.41) is 9.01. The molecular weight excluding hydrogens is 271 g/mol. The summed E-state index contributed by atoms with van der Waals surface area (Å²) >= 11 is 0. The molecule has 1 aromatic rings. The molecule has 1 amide bonds. The SMILES string of the molecule is CCC(CC)N(CCO)C(=O)c1c(F)cc(F)cc1F. The number of halogens is 3. The van der Waals surface area contributed by atoms with E-state index in [-0.39, 0.29) is 19.2 Å². The Kier molecular flexibility index (Phi) is 6.01. The normalized spacial score (nSPS) is 10.9. The van der Waals surface area contributed by atoms with Gasteiger partial charge in [0.25, 0.3) is 5.91 Å². The van der Waals surface area contributed by atoms with E-state index in [2.05, 4.69) is 0 Å². The molecule has 0 atom stereocenters. The van der Waals surface area contributed by atoms with Crippen molar-refractivity contribution in [3.8, 4) is 0 Å². The van der Waals surface area contributed by atoms with Gasteiger partial charge < -0.3 is 10.0 Å². The van der Waals surface area contributed by atoms with Crippen molar-refractivity contribution in [3.63, 3.8) is 0 Å². The third-order valence-corrected chi connectivity index (χ3v) is 3.21. The standard InChI is InChI=1S/C14H18F3NO2/c1-3-10(4-2)18(5-6-19)14(20)13-11(16)7-9(15)8-12(13)17/h7-8,10,19H,3-6H2,1-2H3. The van der Waals surface area contributed by atoms with Crippen LogP contribution in [0.4, 0.5) is 13.2 Å². The van der Waals surface area contributed by atoms with Gasteiger partial charge in [-0.3, -0.25) is 4.79 Å². The van der Waals surface area contributed by atoms with Crippen LogP contribution in [0.1, 0.15) is 37.0 Å². The minimum atomic E-state index is -1.23. The Balaban J connectivity index is 3.19. The molecule has 0 heterocycles. The second-order valence-electron chi connectivity index (χ2n) is 4.44. The first-order valence-electron chi connectivity index (χ1n) is 6.52. The summed E-state index contributed by atoms with van der Waals surface area (Å²) in [4.78, 5) is 13.5. The molecule has 0 saturated heterocycles. The minimum absolute atomic E-state index is 0.0264. The van der Waals surface area contributed by atoms with Crippen molar-refractivity contribution in [2.45, 2.75) is 32.7 Å². The van der Waals surface area contributed by atoms with Crippen LogP contribution in [0.3, 0.4) is 0 Å². The molecule has 1 aromatic carbocycles. The Hall–Kier alpha value is -1.56. The van der Waals surface area contributed by atoms with Crippen molar-refractivity contribution in [2.24, 2.45) is 0 Å². The molecule has 0 aliphatic heterocycles. The maximum atomic E-state index is 13.6. The molecule has 0 spiro atoms. The third-order valence-electron chi connectivity index (χ3n) is 3.21. The molecule has 0 bridgehead atoms. The van der Waals surface area contributed by atoms with Crippen molar-refractivity contribution in [2.75, 3.05) is 13.2 Å². The van der Waals surface area contributed by atoms with Crippen LogP contribution in [-0.4, -0.2) is 35.1 Å². The summed E-state index contributed by atoms with van der Waals surface area (Å²) in [7, 11) is 0. The van der Waals surface area contributed by atoms with Crippen molar-refractivity contribution in [1.82, 2.24) is 4.90 Å². The van der Waals surface area contributed by atoms with Crippen LogP contribution in [0.2, 0.25) is 0 Å². The average molecular weight is 289 g/mol. The fourth-order valence-electron chi connectivity index (χ4n) is 2.18. The topological polar surface area (TPSA) is 40.5 Å². The maximum Gasteiger partial charge on any atom is 0.260 e. The lowest BCUT2D eigenvalue weighted by molar-refractivity contribution is 0.0612. The fourth-order valence-corrected chi connectivity index (χ4v) is 2.18. The number of aliphatic hydroxyl groups is 1. The summed E-state index contributed by atoms with van der Waals surface area (Å²) in [6, 6.07) is 0.708. The van der Waals surface area contributed by atoms with Crippen molar-refractivity contribution in [1.29, 1.82) is 0 Å². The molecule has 3 nitrogen and oxygen atoms in total. The molecule has 6 heteroatoms. The van der Waals surface area contributed by atoms with Gasteiger partial charge in [0, 0.05) is 24.7 Å². The monoisotopic (exact) mass is 289 g/mol. The first-order valence-corrected chi connectivity index (χ1v) is 6.52. The number of hydrogen-bond acceptors (Lipinski definition) is 2. The molecular formula is C14H18F3NO2. The molecule has 0 radical (unpaired) electrons. The number of benzene rings is 1. The number of nitrogens with zero attached hydrogens (tertiary/aromatic N) is 1. The Morgan fingerprint density at radius 3 is 2.10 bits per heavy atom. The molecule has 0 unspecified atom stereocenters. The second kappa shape index (κ2) is 7.28. The maximum absolute atomic E-state index is 13.6. The summed E-state index contributed by atoms with van der Waals surface area (Å²) in [5.74, 6) is -4.42. The largest absolute Gasteiger partial charge is 0.395 e. The minimum Gasteiger partial charge on any atom is -0.395 e. The number of hydrogen-bond donors (Lipinski definition) is 1. The molecule has 0 aromatic heterocycles. The van der Waals surface area contributed by atoms with E-state index >= 15 is 0 Å². The number of rotatable bonds is 6. The summed E-state index contributed by atoms with van der Waals surface area (Å²) < 4.78 is 40.2. The third kappa shape index (κ3) is 3.50. The molecule has 20 heavy (non-hydrogen) atoms. The highest BCUT2D eigenvalue weighted by Crippen LogP contribution is 2.20. The number of aliphatic hydroxyl groups excluding tert-OH is 1. The van der Waals surface area contributed by atoms with E-state index in [0.717, 1.165) is 0 Å². The van der Waals surface area contributed by atoms with Crippen molar-refractivity contribution < 1.29 is 23.1 Å². The Labute approximate surface area is 116 Å². The van der Waals surface area contributed by atoms with E-state index in [1.807, 2.05) is 13.8 Å². The van der Waals surface area contributed by atoms with Gasteiger partial charge in [0.1, 0.15) is 23.0 Å². The zero-order chi connectivity index (χ0) is 15.3. The van der Waals surface area contributed by atoms with Gasteiger partial charge in [0.05, 0.1) is 6.61 Å². The van der Waals surface area contributed by atoms with Gasteiger partial charge in [-0.25, -0.2) is 13.2 Å². The zero-order valence-corrected chi connectivity index (χ0v) is 11.5. The quantitative estimate of drug-likeness (QED) is 0.874. The lowest BCUT2D eigenvalue weighted by Crippen LogP contribution is -2.42. The summed E-state index contributed by atoms with van der Waals surface area (Å²) in [6.45, 7) is 3.33. The molecule has 1 rings (SSSR count). The highest BCUT2D eigenvalue weighted by molar-refractivity contribution is 5.95. The Morgan fingerprint density at radius 1 is 1.20 bits per heavy atom. The van der Waals surface area contributed by atoms with Crippen LogP contribution in [0.15, 0.2) is 12.1 Å². The van der Waals surface area contributed by atoms with Crippen LogP contribution in [0.5, 0.6) is 0 Å². The molecule has 0 fully saturated rings. The van der Waals surface area contributed by atoms with E-state index in [9.17, 15) is 18.0 Å². The summed E-state index contributed by atoms with van der Waals surface area (Å²) in [5.41, 5.74) is -0.785. The van der Waals surface area contributed by atoms with Crippen LogP contribution in [0.25, 0.3) is 0 Å². The van der Waals surface area contributed by atoms with Gasteiger partial charge in [-0.1, -0.05) is 13.8 Å². The number of amides is 1. The lowest BCUT2D eigenvalue weighted by atomic mass is 10.1. The molecule has 0 saturated carbocycles. The molecule has 0 aliphatic carbocycles. The van der Waals surface area contributed by atoms with E-state index < -0.39 is 28.9 Å². The smallest absolute Gasteiger partial charge is 0.260 e. The van der Waals surface area contributed by atoms with Gasteiger partial charge in [0.2, 0.25) is 0 Å². The highest BCUT2D eigenvalue weighted by atomic mass is 19.1. The lowest BCUT2D eigenvalue weighted by Gasteiger charge is -2.30. The predicted molar refractivity (Wildman–Crippen MR) is 68.8 cm³/mol. The van der Waals surface area contributed by atoms with Gasteiger partial charge in [-0.05, 0) is 12.8 Å². The molecule has 112 valence electrons. The molecule has 0 aliphatic rings. The van der Waals surface area contributed by atoms with E-state index in [1.54, 1.807) is 0 Å². The zero-order valence-electron chi connectivity index (χ0n) is 11.5. The first kappa shape index (κ1) is 16.5. The predicted octanol–water partition coefficient (Wildman–Crippen LogP) is 2.73. The van der Waals surface area contributed by atoms with E-state index in [4.69, 9.17) is 5.11 Å². The first-order chi connectivity index (χ1) is 9.46. The summed E-state index contributed by atoms with van der Waals surface area (Å²) in [6.07, 6.45) is 1.18. The number of carbonyl (C=O) groups is 1. The van der Waals surface area contributed by atoms with Crippen LogP contribution in [-0.2, 0) is 0 Å². The second-order valence-corrected chi connectivity index (χ2v) is 4.44. The highest BCUT2D eigenvalue weighted by Gasteiger charge is 2.27. The fraction of sp³-hybridized carbons (Fsp3) is 0.500. The Morgan fingerprint density at radius 2 is 1.70 bits per heavy atom. The number of carbonyl (C=O) groups excluding carboxylic acids is 1. The van der Waals surface area contributed by atoms with Crippen molar-refractivity contribution >= 4 is 5.91 Å². The van der Waals surface area contributed by atoms with Gasteiger partial charge in [0.15, 0.2) is 0 Å².